The first-order valence-electron chi connectivity index (χ1n) is 6.71. The summed E-state index contributed by atoms with van der Waals surface area (Å²) >= 11 is 0. The van der Waals surface area contributed by atoms with Crippen molar-refractivity contribution in [2.24, 2.45) is 5.92 Å². The van der Waals surface area contributed by atoms with Crippen molar-refractivity contribution in [2.75, 3.05) is 30.4 Å². The number of pyridine rings is 1. The van der Waals surface area contributed by atoms with Gasteiger partial charge in [-0.2, -0.15) is 0 Å². The van der Waals surface area contributed by atoms with Crippen molar-refractivity contribution < 1.29 is 4.92 Å². The molecule has 1 aromatic heterocycles. The topological polar surface area (TPSA) is 71.3 Å². The van der Waals surface area contributed by atoms with Crippen LogP contribution in [0.15, 0.2) is 12.1 Å². The summed E-state index contributed by atoms with van der Waals surface area (Å²) in [5.74, 6) is 1.93. The highest BCUT2D eigenvalue weighted by Gasteiger charge is 2.21. The van der Waals surface area contributed by atoms with Gasteiger partial charge in [-0.3, -0.25) is 10.1 Å². The quantitative estimate of drug-likeness (QED) is 0.631. The zero-order chi connectivity index (χ0) is 13.8. The number of rotatable bonds is 6. The first-order chi connectivity index (χ1) is 9.10. The molecule has 1 saturated carbocycles. The zero-order valence-corrected chi connectivity index (χ0v) is 11.4. The van der Waals surface area contributed by atoms with Crippen LogP contribution in [0.5, 0.6) is 0 Å². The lowest BCUT2D eigenvalue weighted by Gasteiger charge is -2.30. The lowest BCUT2D eigenvalue weighted by Crippen LogP contribution is -2.30. The molecule has 0 aliphatic heterocycles. The minimum Gasteiger partial charge on any atom is -0.370 e. The number of anilines is 2. The van der Waals surface area contributed by atoms with Crippen LogP contribution in [0.2, 0.25) is 0 Å². The molecule has 0 spiro atoms. The van der Waals surface area contributed by atoms with Crippen molar-refractivity contribution >= 4 is 17.3 Å². The standard InChI is InChI=1S/C13H20N4O2/c1-3-14-12-7-11(17(18)19)8-13(15-12)16(2)9-10-5-4-6-10/h7-8,10H,3-6,9H2,1-2H3,(H,14,15). The van der Waals surface area contributed by atoms with Crippen LogP contribution in [0.1, 0.15) is 26.2 Å². The highest BCUT2D eigenvalue weighted by atomic mass is 16.6. The molecule has 0 aromatic carbocycles. The Kier molecular flexibility index (Phi) is 4.19. The van der Waals surface area contributed by atoms with Crippen molar-refractivity contribution in [1.29, 1.82) is 0 Å². The third-order valence-corrected chi connectivity index (χ3v) is 3.51. The first-order valence-corrected chi connectivity index (χ1v) is 6.71. The molecule has 0 radical (unpaired) electrons. The summed E-state index contributed by atoms with van der Waals surface area (Å²) < 4.78 is 0. The van der Waals surface area contributed by atoms with Gasteiger partial charge in [0.1, 0.15) is 11.6 Å². The second-order valence-electron chi connectivity index (χ2n) is 5.03. The van der Waals surface area contributed by atoms with E-state index >= 15 is 0 Å². The minimum atomic E-state index is -0.372. The molecule has 0 bridgehead atoms. The normalized spacial score (nSPS) is 14.8. The SMILES string of the molecule is CCNc1cc([N+](=O)[O-])cc(N(C)CC2CCC2)n1. The molecule has 1 N–H and O–H groups in total. The van der Waals surface area contributed by atoms with Gasteiger partial charge in [-0.25, -0.2) is 4.98 Å². The fourth-order valence-electron chi connectivity index (χ4n) is 2.23. The van der Waals surface area contributed by atoms with Gasteiger partial charge in [0, 0.05) is 20.1 Å². The maximum absolute atomic E-state index is 11.0. The van der Waals surface area contributed by atoms with E-state index in [0.29, 0.717) is 24.1 Å². The monoisotopic (exact) mass is 264 g/mol. The number of hydrogen-bond acceptors (Lipinski definition) is 5. The predicted octanol–water partition coefficient (Wildman–Crippen LogP) is 2.66. The second kappa shape index (κ2) is 5.86. The van der Waals surface area contributed by atoms with Crippen LogP contribution >= 0.6 is 0 Å². The van der Waals surface area contributed by atoms with Crippen LogP contribution in [0.3, 0.4) is 0 Å². The highest BCUT2D eigenvalue weighted by molar-refractivity contribution is 5.55. The van der Waals surface area contributed by atoms with Crippen LogP contribution in [0.25, 0.3) is 0 Å². The lowest BCUT2D eigenvalue weighted by molar-refractivity contribution is -0.384. The fraction of sp³-hybridized carbons (Fsp3) is 0.615. The Morgan fingerprint density at radius 3 is 2.79 bits per heavy atom. The van der Waals surface area contributed by atoms with Crippen molar-refractivity contribution in [1.82, 2.24) is 4.98 Å². The molecule has 1 aromatic rings. The molecule has 19 heavy (non-hydrogen) atoms. The molecule has 6 nitrogen and oxygen atoms in total. The molecule has 0 unspecified atom stereocenters. The molecular formula is C13H20N4O2. The smallest absolute Gasteiger partial charge is 0.276 e. The van der Waals surface area contributed by atoms with Gasteiger partial charge in [-0.1, -0.05) is 6.42 Å². The second-order valence-corrected chi connectivity index (χ2v) is 5.03. The van der Waals surface area contributed by atoms with Gasteiger partial charge in [-0.15, -0.1) is 0 Å². The Morgan fingerprint density at radius 1 is 1.53 bits per heavy atom. The van der Waals surface area contributed by atoms with Gasteiger partial charge in [0.2, 0.25) is 0 Å². The van der Waals surface area contributed by atoms with Crippen LogP contribution < -0.4 is 10.2 Å². The van der Waals surface area contributed by atoms with E-state index in [2.05, 4.69) is 10.3 Å². The summed E-state index contributed by atoms with van der Waals surface area (Å²) in [5, 5.41) is 14.0. The van der Waals surface area contributed by atoms with E-state index in [0.717, 1.165) is 6.54 Å². The Balaban J connectivity index is 2.18. The van der Waals surface area contributed by atoms with Crippen LogP contribution in [0, 0.1) is 16.0 Å². The Bertz CT molecular complexity index is 460. The fourth-order valence-corrected chi connectivity index (χ4v) is 2.23. The van der Waals surface area contributed by atoms with Gasteiger partial charge < -0.3 is 10.2 Å². The van der Waals surface area contributed by atoms with Crippen molar-refractivity contribution in [3.63, 3.8) is 0 Å². The number of nitrogens with one attached hydrogen (secondary N) is 1. The highest BCUT2D eigenvalue weighted by Crippen LogP contribution is 2.29. The van der Waals surface area contributed by atoms with Gasteiger partial charge >= 0.3 is 0 Å². The van der Waals surface area contributed by atoms with Crippen LogP contribution in [-0.4, -0.2) is 30.0 Å². The van der Waals surface area contributed by atoms with E-state index in [1.54, 1.807) is 6.07 Å². The third-order valence-electron chi connectivity index (χ3n) is 3.51. The maximum Gasteiger partial charge on any atom is 0.276 e. The molecule has 1 aliphatic carbocycles. The molecular weight excluding hydrogens is 244 g/mol. The molecule has 1 aliphatic rings. The summed E-state index contributed by atoms with van der Waals surface area (Å²) in [6.07, 6.45) is 3.79. The van der Waals surface area contributed by atoms with Crippen molar-refractivity contribution in [3.05, 3.63) is 22.2 Å². The Morgan fingerprint density at radius 2 is 2.26 bits per heavy atom. The molecule has 104 valence electrons. The molecule has 0 amide bonds. The van der Waals surface area contributed by atoms with Gasteiger partial charge in [-0.05, 0) is 25.7 Å². The first kappa shape index (κ1) is 13.6. The summed E-state index contributed by atoms with van der Waals surface area (Å²) in [4.78, 5) is 17.0. The van der Waals surface area contributed by atoms with E-state index in [-0.39, 0.29) is 10.6 Å². The zero-order valence-electron chi connectivity index (χ0n) is 11.4. The van der Waals surface area contributed by atoms with E-state index in [1.165, 1.54) is 25.3 Å². The van der Waals surface area contributed by atoms with E-state index < -0.39 is 0 Å². The summed E-state index contributed by atoms with van der Waals surface area (Å²) in [6, 6.07) is 3.02. The van der Waals surface area contributed by atoms with Gasteiger partial charge in [0.25, 0.3) is 5.69 Å². The van der Waals surface area contributed by atoms with E-state index in [4.69, 9.17) is 0 Å². The summed E-state index contributed by atoms with van der Waals surface area (Å²) in [6.45, 7) is 3.55. The summed E-state index contributed by atoms with van der Waals surface area (Å²) in [7, 11) is 1.94. The molecule has 0 atom stereocenters. The number of nitrogens with zero attached hydrogens (tertiary/aromatic N) is 3. The van der Waals surface area contributed by atoms with Crippen molar-refractivity contribution in [2.45, 2.75) is 26.2 Å². The molecule has 6 heteroatoms. The maximum atomic E-state index is 11.0. The van der Waals surface area contributed by atoms with E-state index in [1.807, 2.05) is 18.9 Å². The van der Waals surface area contributed by atoms with Gasteiger partial charge in [0.05, 0.1) is 17.1 Å². The molecule has 0 saturated heterocycles. The predicted molar refractivity (Wildman–Crippen MR) is 75.7 cm³/mol. The third kappa shape index (κ3) is 3.33. The minimum absolute atomic E-state index is 0.0846. The number of hydrogen-bond donors (Lipinski definition) is 1. The molecule has 2 rings (SSSR count). The summed E-state index contributed by atoms with van der Waals surface area (Å²) in [5.41, 5.74) is 0.0846. The van der Waals surface area contributed by atoms with Crippen molar-refractivity contribution in [3.8, 4) is 0 Å². The average molecular weight is 264 g/mol. The largest absolute Gasteiger partial charge is 0.370 e. The van der Waals surface area contributed by atoms with Crippen LogP contribution in [0.4, 0.5) is 17.3 Å². The number of aromatic nitrogens is 1. The lowest BCUT2D eigenvalue weighted by atomic mass is 9.85. The van der Waals surface area contributed by atoms with E-state index in [9.17, 15) is 10.1 Å². The van der Waals surface area contributed by atoms with Crippen LogP contribution in [-0.2, 0) is 0 Å². The Hall–Kier alpha value is -1.85. The Labute approximate surface area is 113 Å². The van der Waals surface area contributed by atoms with Gasteiger partial charge in [0.15, 0.2) is 0 Å². The number of nitro groups is 1. The molecule has 1 fully saturated rings. The average Bonchev–Trinajstić information content (AvgIpc) is 2.33. The molecule has 1 heterocycles.